The van der Waals surface area contributed by atoms with Crippen molar-refractivity contribution in [1.82, 2.24) is 5.32 Å². The van der Waals surface area contributed by atoms with Crippen molar-refractivity contribution < 1.29 is 4.79 Å². The van der Waals surface area contributed by atoms with Gasteiger partial charge in [-0.2, -0.15) is 0 Å². The van der Waals surface area contributed by atoms with Crippen molar-refractivity contribution in [3.63, 3.8) is 0 Å². The monoisotopic (exact) mass is 286 g/mol. The standard InChI is InChI=1S/C18H26N2O/c1-11-9-13(19)5-6-14(11)15(21)20-16-17(2,3)12-7-8-18(16,4)10-12/h5-6,9,12,16H,7-8,10,19H2,1-4H3,(H,20,21). The summed E-state index contributed by atoms with van der Waals surface area (Å²) in [5.41, 5.74) is 8.60. The minimum atomic E-state index is 0.0411. The summed E-state index contributed by atoms with van der Waals surface area (Å²) in [6.07, 6.45) is 3.77. The number of nitrogens with one attached hydrogen (secondary N) is 1. The molecule has 2 bridgehead atoms. The predicted octanol–water partition coefficient (Wildman–Crippen LogP) is 3.52. The fraction of sp³-hybridized carbons (Fsp3) is 0.611. The van der Waals surface area contributed by atoms with E-state index in [0.29, 0.717) is 5.69 Å². The molecule has 3 heteroatoms. The highest BCUT2D eigenvalue weighted by Crippen LogP contribution is 2.62. The van der Waals surface area contributed by atoms with Gasteiger partial charge in [-0.15, -0.1) is 0 Å². The first kappa shape index (κ1) is 14.4. The van der Waals surface area contributed by atoms with Crippen molar-refractivity contribution >= 4 is 11.6 Å². The Labute approximate surface area is 127 Å². The van der Waals surface area contributed by atoms with Crippen molar-refractivity contribution in [2.24, 2.45) is 16.7 Å². The predicted molar refractivity (Wildman–Crippen MR) is 86.1 cm³/mol. The third kappa shape index (κ3) is 2.14. The average molecular weight is 286 g/mol. The van der Waals surface area contributed by atoms with Crippen molar-refractivity contribution in [1.29, 1.82) is 0 Å². The first-order valence-electron chi connectivity index (χ1n) is 7.91. The van der Waals surface area contributed by atoms with Gasteiger partial charge < -0.3 is 11.1 Å². The second kappa shape index (κ2) is 4.49. The van der Waals surface area contributed by atoms with Crippen LogP contribution in [0.3, 0.4) is 0 Å². The summed E-state index contributed by atoms with van der Waals surface area (Å²) in [4.78, 5) is 12.7. The number of carbonyl (C=O) groups excluding carboxylic acids is 1. The Morgan fingerprint density at radius 1 is 1.33 bits per heavy atom. The maximum atomic E-state index is 12.7. The van der Waals surface area contributed by atoms with Crippen LogP contribution in [0.1, 0.15) is 56.0 Å². The second-order valence-electron chi connectivity index (χ2n) is 7.90. The number of hydrogen-bond donors (Lipinski definition) is 2. The van der Waals surface area contributed by atoms with Gasteiger partial charge in [0.25, 0.3) is 5.91 Å². The molecule has 3 rings (SSSR count). The summed E-state index contributed by atoms with van der Waals surface area (Å²) in [5, 5.41) is 3.34. The van der Waals surface area contributed by atoms with Crippen LogP contribution < -0.4 is 11.1 Å². The van der Waals surface area contributed by atoms with E-state index in [9.17, 15) is 4.79 Å². The molecular formula is C18H26N2O. The number of amides is 1. The zero-order valence-electron chi connectivity index (χ0n) is 13.5. The average Bonchev–Trinajstić information content (AvgIpc) is 2.85. The lowest BCUT2D eigenvalue weighted by Crippen LogP contribution is -2.52. The summed E-state index contributed by atoms with van der Waals surface area (Å²) in [7, 11) is 0. The molecule has 2 aliphatic rings. The number of nitrogen functional groups attached to an aromatic ring is 1. The summed E-state index contributed by atoms with van der Waals surface area (Å²) in [6, 6.07) is 5.76. The van der Waals surface area contributed by atoms with Gasteiger partial charge in [0.1, 0.15) is 0 Å². The first-order valence-corrected chi connectivity index (χ1v) is 7.91. The molecule has 3 nitrogen and oxygen atoms in total. The van der Waals surface area contributed by atoms with E-state index in [4.69, 9.17) is 5.73 Å². The number of hydrogen-bond acceptors (Lipinski definition) is 2. The van der Waals surface area contributed by atoms with Crippen LogP contribution >= 0.6 is 0 Å². The molecule has 2 aliphatic carbocycles. The lowest BCUT2D eigenvalue weighted by Gasteiger charge is -2.43. The fourth-order valence-electron chi connectivity index (χ4n) is 4.81. The maximum Gasteiger partial charge on any atom is 0.251 e. The molecule has 2 fully saturated rings. The van der Waals surface area contributed by atoms with Gasteiger partial charge in [-0.1, -0.05) is 20.8 Å². The third-order valence-electron chi connectivity index (χ3n) is 6.04. The lowest BCUT2D eigenvalue weighted by atomic mass is 9.68. The second-order valence-corrected chi connectivity index (χ2v) is 7.90. The van der Waals surface area contributed by atoms with E-state index in [1.165, 1.54) is 19.3 Å². The summed E-state index contributed by atoms with van der Waals surface area (Å²) in [6.45, 7) is 8.90. The highest BCUT2D eigenvalue weighted by molar-refractivity contribution is 5.96. The number of benzene rings is 1. The van der Waals surface area contributed by atoms with Gasteiger partial charge in [0.2, 0.25) is 0 Å². The van der Waals surface area contributed by atoms with Crippen LogP contribution in [-0.2, 0) is 0 Å². The smallest absolute Gasteiger partial charge is 0.251 e. The zero-order valence-corrected chi connectivity index (χ0v) is 13.5. The number of nitrogens with two attached hydrogens (primary N) is 1. The lowest BCUT2D eigenvalue weighted by molar-refractivity contribution is 0.0737. The normalized spacial score (nSPS) is 33.1. The van der Waals surface area contributed by atoms with Gasteiger partial charge >= 0.3 is 0 Å². The fourth-order valence-corrected chi connectivity index (χ4v) is 4.81. The SMILES string of the molecule is Cc1cc(N)ccc1C(=O)NC1C2(C)CCC(C2)C1(C)C. The summed E-state index contributed by atoms with van der Waals surface area (Å²) < 4.78 is 0. The molecule has 0 radical (unpaired) electrons. The molecule has 2 saturated carbocycles. The Morgan fingerprint density at radius 2 is 2.05 bits per heavy atom. The van der Waals surface area contributed by atoms with Gasteiger partial charge in [0.05, 0.1) is 0 Å². The molecule has 0 spiro atoms. The minimum absolute atomic E-state index is 0.0411. The van der Waals surface area contributed by atoms with Crippen LogP contribution in [0.4, 0.5) is 5.69 Å². The maximum absolute atomic E-state index is 12.7. The molecule has 3 atom stereocenters. The first-order chi connectivity index (χ1) is 9.74. The van der Waals surface area contributed by atoms with Crippen LogP contribution in [0.5, 0.6) is 0 Å². The summed E-state index contributed by atoms with van der Waals surface area (Å²) >= 11 is 0. The van der Waals surface area contributed by atoms with Gasteiger partial charge in [-0.05, 0) is 66.7 Å². The molecule has 21 heavy (non-hydrogen) atoms. The molecule has 1 aromatic rings. The summed E-state index contributed by atoms with van der Waals surface area (Å²) in [5.74, 6) is 0.777. The van der Waals surface area contributed by atoms with Crippen LogP contribution in [-0.4, -0.2) is 11.9 Å². The van der Waals surface area contributed by atoms with E-state index >= 15 is 0 Å². The van der Waals surface area contributed by atoms with Crippen molar-refractivity contribution in [2.45, 2.75) is 53.0 Å². The number of fused-ring (bicyclic) bond motifs is 2. The third-order valence-corrected chi connectivity index (χ3v) is 6.04. The molecule has 0 saturated heterocycles. The van der Waals surface area contributed by atoms with Crippen LogP contribution in [0.2, 0.25) is 0 Å². The Hall–Kier alpha value is -1.51. The van der Waals surface area contributed by atoms with Crippen LogP contribution in [0.25, 0.3) is 0 Å². The van der Waals surface area contributed by atoms with E-state index in [1.807, 2.05) is 19.1 Å². The topological polar surface area (TPSA) is 55.1 Å². The van der Waals surface area contributed by atoms with E-state index in [-0.39, 0.29) is 22.8 Å². The quantitative estimate of drug-likeness (QED) is 0.817. The Morgan fingerprint density at radius 3 is 2.62 bits per heavy atom. The molecular weight excluding hydrogens is 260 g/mol. The number of carbonyl (C=O) groups is 1. The van der Waals surface area contributed by atoms with Gasteiger partial charge in [-0.3, -0.25) is 4.79 Å². The van der Waals surface area contributed by atoms with E-state index in [1.54, 1.807) is 6.07 Å². The van der Waals surface area contributed by atoms with E-state index in [0.717, 1.165) is 17.0 Å². The molecule has 3 unspecified atom stereocenters. The largest absolute Gasteiger partial charge is 0.399 e. The number of aryl methyl sites for hydroxylation is 1. The molecule has 1 aromatic carbocycles. The Balaban J connectivity index is 1.85. The molecule has 114 valence electrons. The highest BCUT2D eigenvalue weighted by atomic mass is 16.1. The van der Waals surface area contributed by atoms with Crippen LogP contribution in [0, 0.1) is 23.7 Å². The van der Waals surface area contributed by atoms with Gasteiger partial charge in [0, 0.05) is 17.3 Å². The van der Waals surface area contributed by atoms with Gasteiger partial charge in [-0.25, -0.2) is 0 Å². The molecule has 0 aromatic heterocycles. The zero-order chi connectivity index (χ0) is 15.4. The van der Waals surface area contributed by atoms with Crippen molar-refractivity contribution in [3.05, 3.63) is 29.3 Å². The number of rotatable bonds is 2. The van der Waals surface area contributed by atoms with E-state index < -0.39 is 0 Å². The van der Waals surface area contributed by atoms with Gasteiger partial charge in [0.15, 0.2) is 0 Å². The molecule has 0 aliphatic heterocycles. The van der Waals surface area contributed by atoms with Crippen molar-refractivity contribution in [3.8, 4) is 0 Å². The Bertz CT molecular complexity index is 588. The van der Waals surface area contributed by atoms with E-state index in [2.05, 4.69) is 26.1 Å². The van der Waals surface area contributed by atoms with Crippen LogP contribution in [0.15, 0.2) is 18.2 Å². The molecule has 0 heterocycles. The minimum Gasteiger partial charge on any atom is -0.399 e. The van der Waals surface area contributed by atoms with Crippen molar-refractivity contribution in [2.75, 3.05) is 5.73 Å². The molecule has 3 N–H and O–H groups in total. The highest BCUT2D eigenvalue weighted by Gasteiger charge is 2.59. The molecule has 1 amide bonds. The Kier molecular flexibility index (Phi) is 3.09. The number of anilines is 1.